The van der Waals surface area contributed by atoms with Crippen LogP contribution in [0.4, 0.5) is 20.3 Å². The van der Waals surface area contributed by atoms with Crippen LogP contribution in [0.3, 0.4) is 0 Å². The van der Waals surface area contributed by atoms with Crippen molar-refractivity contribution in [3.8, 4) is 0 Å². The van der Waals surface area contributed by atoms with E-state index in [9.17, 15) is 22.0 Å². The van der Waals surface area contributed by atoms with Crippen molar-refractivity contribution in [2.75, 3.05) is 62.7 Å². The van der Waals surface area contributed by atoms with Crippen molar-refractivity contribution >= 4 is 27.4 Å². The van der Waals surface area contributed by atoms with Crippen molar-refractivity contribution in [2.24, 2.45) is 0 Å². The number of benzene rings is 1. The van der Waals surface area contributed by atoms with E-state index < -0.39 is 27.7 Å². The van der Waals surface area contributed by atoms with Crippen LogP contribution in [0.2, 0.25) is 0 Å². The first-order valence-electron chi connectivity index (χ1n) is 11.0. The van der Waals surface area contributed by atoms with Crippen LogP contribution < -0.4 is 10.2 Å². The zero-order chi connectivity index (χ0) is 24.3. The largest absolute Gasteiger partial charge is 0.379 e. The predicted molar refractivity (Wildman–Crippen MR) is 122 cm³/mol. The van der Waals surface area contributed by atoms with Gasteiger partial charge in [0, 0.05) is 51.5 Å². The summed E-state index contributed by atoms with van der Waals surface area (Å²) in [5.41, 5.74) is -0.0618. The highest BCUT2D eigenvalue weighted by atomic mass is 32.2. The van der Waals surface area contributed by atoms with Crippen molar-refractivity contribution in [1.29, 1.82) is 0 Å². The molecule has 34 heavy (non-hydrogen) atoms. The Hall–Kier alpha value is -2.67. The van der Waals surface area contributed by atoms with Gasteiger partial charge < -0.3 is 15.0 Å². The number of nitrogens with one attached hydrogen (secondary N) is 1. The number of ether oxygens (including phenoxy) is 1. The number of carbonyl (C=O) groups excluding carboxylic acids is 1. The maximum absolute atomic E-state index is 13.8. The lowest BCUT2D eigenvalue weighted by Crippen LogP contribution is -2.53. The van der Waals surface area contributed by atoms with Crippen molar-refractivity contribution in [2.45, 2.75) is 17.9 Å². The molecule has 0 aliphatic carbocycles. The molecule has 2 aromatic rings. The van der Waals surface area contributed by atoms with Gasteiger partial charge in [-0.2, -0.15) is 4.31 Å². The van der Waals surface area contributed by atoms with Gasteiger partial charge in [0.15, 0.2) is 0 Å². The van der Waals surface area contributed by atoms with E-state index in [0.717, 1.165) is 12.1 Å². The third-order valence-corrected chi connectivity index (χ3v) is 7.97. The summed E-state index contributed by atoms with van der Waals surface area (Å²) in [6, 6.07) is 5.75. The molecule has 0 radical (unpaired) electrons. The van der Waals surface area contributed by atoms with E-state index in [0.29, 0.717) is 58.3 Å². The normalized spacial score (nSPS) is 19.1. The van der Waals surface area contributed by atoms with Crippen LogP contribution in [-0.4, -0.2) is 87.0 Å². The van der Waals surface area contributed by atoms with Crippen molar-refractivity contribution in [1.82, 2.24) is 14.2 Å². The number of nitrogens with zero attached hydrogens (tertiary/aromatic N) is 4. The molecule has 4 rings (SSSR count). The molecule has 1 aromatic heterocycles. The third kappa shape index (κ3) is 5.35. The van der Waals surface area contributed by atoms with Crippen LogP contribution in [0.25, 0.3) is 0 Å². The van der Waals surface area contributed by atoms with Crippen molar-refractivity contribution in [3.05, 3.63) is 48.2 Å². The Morgan fingerprint density at radius 2 is 1.76 bits per heavy atom. The molecule has 2 saturated heterocycles. The average Bonchev–Trinajstić information content (AvgIpc) is 2.86. The van der Waals surface area contributed by atoms with Crippen LogP contribution in [0.5, 0.6) is 0 Å². The molecule has 0 spiro atoms. The molecule has 1 atom stereocenters. The van der Waals surface area contributed by atoms with E-state index in [1.54, 1.807) is 19.1 Å². The molecule has 2 aliphatic rings. The number of morpholine rings is 1. The van der Waals surface area contributed by atoms with Gasteiger partial charge in [0.05, 0.1) is 24.9 Å². The number of anilines is 2. The van der Waals surface area contributed by atoms with Crippen LogP contribution in [0, 0.1) is 11.6 Å². The van der Waals surface area contributed by atoms with Crippen molar-refractivity contribution < 1.29 is 26.7 Å². The maximum atomic E-state index is 13.8. The average molecular weight is 496 g/mol. The molecule has 0 saturated carbocycles. The van der Waals surface area contributed by atoms with Crippen LogP contribution in [0.15, 0.2) is 41.4 Å². The quantitative estimate of drug-likeness (QED) is 0.650. The van der Waals surface area contributed by atoms with E-state index in [4.69, 9.17) is 4.74 Å². The molecule has 9 nitrogen and oxygen atoms in total. The zero-order valence-electron chi connectivity index (χ0n) is 18.8. The predicted octanol–water partition coefficient (Wildman–Crippen LogP) is 1.53. The van der Waals surface area contributed by atoms with Gasteiger partial charge in [-0.15, -0.1) is 0 Å². The molecule has 1 aromatic carbocycles. The van der Waals surface area contributed by atoms with Crippen LogP contribution in [-0.2, 0) is 19.6 Å². The summed E-state index contributed by atoms with van der Waals surface area (Å²) >= 11 is 0. The Morgan fingerprint density at radius 3 is 2.38 bits per heavy atom. The first kappa shape index (κ1) is 24.5. The molecule has 12 heteroatoms. The first-order valence-corrected chi connectivity index (χ1v) is 12.5. The molecule has 2 aliphatic heterocycles. The monoisotopic (exact) mass is 495 g/mol. The second-order valence-corrected chi connectivity index (χ2v) is 10.1. The lowest BCUT2D eigenvalue weighted by molar-refractivity contribution is -0.120. The van der Waals surface area contributed by atoms with Gasteiger partial charge in [-0.25, -0.2) is 22.2 Å². The van der Waals surface area contributed by atoms with E-state index in [2.05, 4.69) is 10.3 Å². The highest BCUT2D eigenvalue weighted by molar-refractivity contribution is 7.89. The number of halogens is 2. The molecule has 184 valence electrons. The minimum Gasteiger partial charge on any atom is -0.379 e. The van der Waals surface area contributed by atoms with E-state index >= 15 is 0 Å². The standard InChI is InChI=1S/C22H27F2N5O4S/c1-16(22(30)26-20-4-2-17(23)14-19(20)24)27-6-8-28(9-7-27)21-5-3-18(15-25-21)34(31,32)29-10-12-33-13-11-29/h2-5,14-16H,6-13H2,1H3,(H,26,30). The Balaban J connectivity index is 1.33. The van der Waals surface area contributed by atoms with Crippen LogP contribution >= 0.6 is 0 Å². The topological polar surface area (TPSA) is 95.1 Å². The Labute approximate surface area is 197 Å². The van der Waals surface area contributed by atoms with Gasteiger partial charge >= 0.3 is 0 Å². The van der Waals surface area contributed by atoms with E-state index in [-0.39, 0.29) is 16.5 Å². The number of pyridine rings is 1. The summed E-state index contributed by atoms with van der Waals surface area (Å²) in [5, 5.41) is 2.51. The Kier molecular flexibility index (Phi) is 7.41. The number of hydrogen-bond acceptors (Lipinski definition) is 7. The highest BCUT2D eigenvalue weighted by Crippen LogP contribution is 2.21. The minimum absolute atomic E-state index is 0.0618. The Morgan fingerprint density at radius 1 is 1.06 bits per heavy atom. The number of piperazine rings is 1. The molecule has 3 heterocycles. The lowest BCUT2D eigenvalue weighted by atomic mass is 10.2. The van der Waals surface area contributed by atoms with Crippen LogP contribution in [0.1, 0.15) is 6.92 Å². The number of sulfonamides is 1. The summed E-state index contributed by atoms with van der Waals surface area (Å²) in [7, 11) is -3.60. The molecular formula is C22H27F2N5O4S. The molecule has 1 unspecified atom stereocenters. The van der Waals surface area contributed by atoms with E-state index in [1.807, 2.05) is 9.80 Å². The number of amides is 1. The molecule has 1 N–H and O–H groups in total. The summed E-state index contributed by atoms with van der Waals surface area (Å²) in [6.45, 7) is 5.45. The minimum atomic E-state index is -3.60. The molecular weight excluding hydrogens is 468 g/mol. The van der Waals surface area contributed by atoms with Gasteiger partial charge in [0.2, 0.25) is 15.9 Å². The van der Waals surface area contributed by atoms with Gasteiger partial charge in [-0.05, 0) is 31.2 Å². The summed E-state index contributed by atoms with van der Waals surface area (Å²) in [5.74, 6) is -1.25. The second kappa shape index (κ2) is 10.3. The van der Waals surface area contributed by atoms with Gasteiger partial charge in [0.25, 0.3) is 0 Å². The zero-order valence-corrected chi connectivity index (χ0v) is 19.6. The van der Waals surface area contributed by atoms with Crippen molar-refractivity contribution in [3.63, 3.8) is 0 Å². The summed E-state index contributed by atoms with van der Waals surface area (Å²) in [6.07, 6.45) is 1.37. The fraction of sp³-hybridized carbons (Fsp3) is 0.455. The summed E-state index contributed by atoms with van der Waals surface area (Å²) in [4.78, 5) is 21.0. The Bertz CT molecular complexity index is 1120. The molecule has 0 bridgehead atoms. The lowest BCUT2D eigenvalue weighted by Gasteiger charge is -2.38. The van der Waals surface area contributed by atoms with Gasteiger partial charge in [-0.3, -0.25) is 9.69 Å². The number of hydrogen-bond donors (Lipinski definition) is 1. The molecule has 2 fully saturated rings. The summed E-state index contributed by atoms with van der Waals surface area (Å²) < 4.78 is 59.0. The number of carbonyl (C=O) groups is 1. The first-order chi connectivity index (χ1) is 16.3. The number of rotatable bonds is 6. The molecule has 1 amide bonds. The SMILES string of the molecule is CC(C(=O)Nc1ccc(F)cc1F)N1CCN(c2ccc(S(=O)(=O)N3CCOCC3)cn2)CC1. The third-order valence-electron chi connectivity index (χ3n) is 6.08. The fourth-order valence-electron chi connectivity index (χ4n) is 3.98. The van der Waals surface area contributed by atoms with Gasteiger partial charge in [0.1, 0.15) is 22.3 Å². The fourth-order valence-corrected chi connectivity index (χ4v) is 5.33. The highest BCUT2D eigenvalue weighted by Gasteiger charge is 2.29. The number of aromatic nitrogens is 1. The smallest absolute Gasteiger partial charge is 0.244 e. The van der Waals surface area contributed by atoms with Gasteiger partial charge in [-0.1, -0.05) is 0 Å². The second-order valence-electron chi connectivity index (χ2n) is 8.18. The maximum Gasteiger partial charge on any atom is 0.244 e. The van der Waals surface area contributed by atoms with E-state index in [1.165, 1.54) is 16.6 Å².